The first-order valence-electron chi connectivity index (χ1n) is 4.36. The van der Waals surface area contributed by atoms with Crippen LogP contribution in [0.15, 0.2) is 24.3 Å². The van der Waals surface area contributed by atoms with Gasteiger partial charge in [0.15, 0.2) is 0 Å². The lowest BCUT2D eigenvalue weighted by atomic mass is 10.2. The molecule has 0 aliphatic carbocycles. The van der Waals surface area contributed by atoms with Gasteiger partial charge in [-0.05, 0) is 6.92 Å². The van der Waals surface area contributed by atoms with Crippen molar-refractivity contribution in [2.75, 3.05) is 14.2 Å². The molecule has 1 aromatic rings. The van der Waals surface area contributed by atoms with Crippen molar-refractivity contribution in [2.24, 2.45) is 0 Å². The number of aryl methyl sites for hydroxylation is 1. The number of hydrogen-bond acceptors (Lipinski definition) is 4. The molecule has 0 radical (unpaired) electrons. The predicted molar refractivity (Wildman–Crippen MR) is 57.1 cm³/mol. The fraction of sp³-hybridized carbons (Fsp3) is 0.300. The second kappa shape index (κ2) is 4.71. The highest BCUT2D eigenvalue weighted by atomic mass is 31.2. The number of benzene rings is 1. The Hall–Kier alpha value is -0.960. The Labute approximate surface area is 88.7 Å². The van der Waals surface area contributed by atoms with E-state index in [0.29, 0.717) is 5.56 Å². The average molecular weight is 228 g/mol. The van der Waals surface area contributed by atoms with Gasteiger partial charge in [-0.2, -0.15) is 0 Å². The molecule has 1 aromatic carbocycles. The van der Waals surface area contributed by atoms with Crippen molar-refractivity contribution in [1.29, 1.82) is 0 Å². The number of carbonyl (C=O) groups is 1. The van der Waals surface area contributed by atoms with Gasteiger partial charge in [0.05, 0.1) is 0 Å². The van der Waals surface area contributed by atoms with Gasteiger partial charge in [0.2, 0.25) is 0 Å². The van der Waals surface area contributed by atoms with Crippen LogP contribution in [0, 0.1) is 6.92 Å². The molecule has 82 valence electrons. The molecule has 0 heterocycles. The smallest absolute Gasteiger partial charge is 0.306 e. The van der Waals surface area contributed by atoms with Crippen LogP contribution in [0.2, 0.25) is 0 Å². The molecule has 0 amide bonds. The average Bonchev–Trinajstić information content (AvgIpc) is 2.28. The summed E-state index contributed by atoms with van der Waals surface area (Å²) < 4.78 is 21.0. The van der Waals surface area contributed by atoms with E-state index in [9.17, 15) is 9.36 Å². The Morgan fingerprint density at radius 1 is 1.13 bits per heavy atom. The molecule has 0 bridgehead atoms. The van der Waals surface area contributed by atoms with E-state index in [2.05, 4.69) is 9.05 Å². The lowest BCUT2D eigenvalue weighted by molar-refractivity contribution is 0.102. The molecule has 5 heteroatoms. The van der Waals surface area contributed by atoms with Crippen LogP contribution < -0.4 is 0 Å². The third-order valence-corrected chi connectivity index (χ3v) is 3.75. The van der Waals surface area contributed by atoms with Crippen molar-refractivity contribution in [3.05, 3.63) is 35.4 Å². The van der Waals surface area contributed by atoms with Gasteiger partial charge in [-0.3, -0.25) is 9.36 Å². The molecule has 1 rings (SSSR count). The zero-order chi connectivity index (χ0) is 11.5. The molecular formula is C10H13O4P. The molecule has 0 spiro atoms. The first-order valence-corrected chi connectivity index (χ1v) is 5.91. The highest BCUT2D eigenvalue weighted by molar-refractivity contribution is 7.72. The van der Waals surface area contributed by atoms with Crippen LogP contribution in [0.3, 0.4) is 0 Å². The molecule has 0 unspecified atom stereocenters. The highest BCUT2D eigenvalue weighted by Gasteiger charge is 2.33. The minimum atomic E-state index is -3.65. The summed E-state index contributed by atoms with van der Waals surface area (Å²) in [7, 11) is -1.27. The fourth-order valence-corrected chi connectivity index (χ4v) is 2.04. The van der Waals surface area contributed by atoms with Gasteiger partial charge in [-0.25, -0.2) is 0 Å². The second-order valence-electron chi connectivity index (χ2n) is 3.03. The first kappa shape index (κ1) is 12.1. The molecular weight excluding hydrogens is 215 g/mol. The molecule has 0 N–H and O–H groups in total. The van der Waals surface area contributed by atoms with Crippen molar-refractivity contribution in [2.45, 2.75) is 6.92 Å². The van der Waals surface area contributed by atoms with Crippen molar-refractivity contribution in [1.82, 2.24) is 0 Å². The maximum Gasteiger partial charge on any atom is 0.401 e. The molecule has 0 fully saturated rings. The van der Waals surface area contributed by atoms with Crippen LogP contribution in [0.1, 0.15) is 15.9 Å². The van der Waals surface area contributed by atoms with Gasteiger partial charge >= 0.3 is 7.60 Å². The summed E-state index contributed by atoms with van der Waals surface area (Å²) in [4.78, 5) is 11.7. The third-order valence-electron chi connectivity index (χ3n) is 2.03. The number of hydrogen-bond donors (Lipinski definition) is 0. The van der Waals surface area contributed by atoms with Crippen LogP contribution in [0.5, 0.6) is 0 Å². The summed E-state index contributed by atoms with van der Waals surface area (Å²) in [6.07, 6.45) is 0. The Balaban J connectivity index is 3.04. The monoisotopic (exact) mass is 228 g/mol. The molecule has 0 aliphatic heterocycles. The van der Waals surface area contributed by atoms with Crippen LogP contribution in [0.4, 0.5) is 0 Å². The maximum absolute atomic E-state index is 11.7. The predicted octanol–water partition coefficient (Wildman–Crippen LogP) is 2.62. The number of carbonyl (C=O) groups excluding carboxylic acids is 1. The van der Waals surface area contributed by atoms with E-state index in [0.717, 1.165) is 5.56 Å². The van der Waals surface area contributed by atoms with E-state index in [-0.39, 0.29) is 0 Å². The van der Waals surface area contributed by atoms with Crippen LogP contribution >= 0.6 is 7.60 Å². The molecule has 0 atom stereocenters. The zero-order valence-electron chi connectivity index (χ0n) is 8.89. The van der Waals surface area contributed by atoms with E-state index in [4.69, 9.17) is 0 Å². The molecule has 0 saturated heterocycles. The topological polar surface area (TPSA) is 52.6 Å². The summed E-state index contributed by atoms with van der Waals surface area (Å²) in [5.74, 6) is 0. The molecule has 15 heavy (non-hydrogen) atoms. The summed E-state index contributed by atoms with van der Waals surface area (Å²) in [6.45, 7) is 1.90. The summed E-state index contributed by atoms with van der Waals surface area (Å²) in [6, 6.07) is 6.73. The van der Waals surface area contributed by atoms with Crippen LogP contribution in [-0.2, 0) is 13.6 Å². The zero-order valence-corrected chi connectivity index (χ0v) is 9.78. The van der Waals surface area contributed by atoms with Crippen molar-refractivity contribution >= 4 is 13.1 Å². The first-order chi connectivity index (χ1) is 7.03. The highest BCUT2D eigenvalue weighted by Crippen LogP contribution is 2.49. The quantitative estimate of drug-likeness (QED) is 0.743. The van der Waals surface area contributed by atoms with Gasteiger partial charge in [-0.1, -0.05) is 29.8 Å². The van der Waals surface area contributed by atoms with Crippen molar-refractivity contribution in [3.8, 4) is 0 Å². The Morgan fingerprint density at radius 3 is 2.00 bits per heavy atom. The van der Waals surface area contributed by atoms with E-state index < -0.39 is 13.1 Å². The van der Waals surface area contributed by atoms with E-state index >= 15 is 0 Å². The normalized spacial score (nSPS) is 11.4. The minimum Gasteiger partial charge on any atom is -0.306 e. The Morgan fingerprint density at radius 2 is 1.60 bits per heavy atom. The fourth-order valence-electron chi connectivity index (χ4n) is 1.09. The van der Waals surface area contributed by atoms with Crippen molar-refractivity contribution < 1.29 is 18.4 Å². The maximum atomic E-state index is 11.7. The lowest BCUT2D eigenvalue weighted by Gasteiger charge is -2.11. The van der Waals surface area contributed by atoms with Gasteiger partial charge < -0.3 is 9.05 Å². The molecule has 0 aromatic heterocycles. The van der Waals surface area contributed by atoms with E-state index in [1.54, 1.807) is 24.3 Å². The minimum absolute atomic E-state index is 0.327. The standard InChI is InChI=1S/C10H13O4P/c1-8-4-6-9(7-5-8)10(11)15(12,13-2)14-3/h4-7H,1-3H3. The van der Waals surface area contributed by atoms with E-state index in [1.807, 2.05) is 6.92 Å². The number of rotatable bonds is 4. The molecule has 0 saturated carbocycles. The SMILES string of the molecule is COP(=O)(OC)C(=O)c1ccc(C)cc1. The second-order valence-corrected chi connectivity index (χ2v) is 5.17. The van der Waals surface area contributed by atoms with Gasteiger partial charge in [-0.15, -0.1) is 0 Å². The summed E-state index contributed by atoms with van der Waals surface area (Å²) in [5.41, 5.74) is 0.733. The molecule has 0 aliphatic rings. The van der Waals surface area contributed by atoms with Gasteiger partial charge in [0.25, 0.3) is 5.52 Å². The summed E-state index contributed by atoms with van der Waals surface area (Å²) >= 11 is 0. The molecule has 4 nitrogen and oxygen atoms in total. The van der Waals surface area contributed by atoms with Crippen LogP contribution in [-0.4, -0.2) is 19.7 Å². The Kier molecular flexibility index (Phi) is 3.80. The lowest BCUT2D eigenvalue weighted by Crippen LogP contribution is -2.04. The van der Waals surface area contributed by atoms with Crippen LogP contribution in [0.25, 0.3) is 0 Å². The van der Waals surface area contributed by atoms with Gasteiger partial charge in [0.1, 0.15) is 0 Å². The van der Waals surface area contributed by atoms with E-state index in [1.165, 1.54) is 14.2 Å². The largest absolute Gasteiger partial charge is 0.401 e. The third kappa shape index (κ3) is 2.53. The Bertz CT molecular complexity index is 388. The summed E-state index contributed by atoms with van der Waals surface area (Å²) in [5, 5.41) is 0. The van der Waals surface area contributed by atoms with Gasteiger partial charge in [0, 0.05) is 19.8 Å². The van der Waals surface area contributed by atoms with Crippen molar-refractivity contribution in [3.63, 3.8) is 0 Å².